The molecule has 0 spiro atoms. The molecule has 1 amide bonds. The van der Waals surface area contributed by atoms with E-state index in [0.717, 1.165) is 9.13 Å². The van der Waals surface area contributed by atoms with Crippen LogP contribution in [-0.2, 0) is 24.9 Å². The Labute approximate surface area is 174 Å². The molecule has 0 aliphatic carbocycles. The number of halogens is 1. The molecule has 0 saturated carbocycles. The zero-order valence-corrected chi connectivity index (χ0v) is 17.5. The van der Waals surface area contributed by atoms with Gasteiger partial charge in [-0.25, -0.2) is 9.59 Å². The summed E-state index contributed by atoms with van der Waals surface area (Å²) in [5, 5.41) is 20.1. The summed E-state index contributed by atoms with van der Waals surface area (Å²) in [6, 6.07) is 6.70. The number of amides is 1. The van der Waals surface area contributed by atoms with Crippen molar-refractivity contribution in [3.63, 3.8) is 0 Å². The molecule has 0 aliphatic heterocycles. The van der Waals surface area contributed by atoms with Crippen molar-refractivity contribution in [2.75, 3.05) is 5.75 Å². The van der Waals surface area contributed by atoms with E-state index in [1.54, 1.807) is 0 Å². The summed E-state index contributed by atoms with van der Waals surface area (Å²) >= 11 is 3.48. The van der Waals surface area contributed by atoms with Crippen LogP contribution in [0, 0.1) is 3.57 Å². The van der Waals surface area contributed by atoms with E-state index < -0.39 is 36.0 Å². The molecule has 27 heavy (non-hydrogen) atoms. The maximum absolute atomic E-state index is 11.9. The van der Waals surface area contributed by atoms with E-state index in [9.17, 15) is 24.3 Å². The molecule has 148 valence electrons. The highest BCUT2D eigenvalue weighted by Gasteiger charge is 2.25. The summed E-state index contributed by atoms with van der Waals surface area (Å²) in [5.74, 6) is -2.25. The number of carboxylic acid groups (broad SMARTS) is 2. The van der Waals surface area contributed by atoms with E-state index in [4.69, 9.17) is 9.84 Å². The first-order valence-electron chi connectivity index (χ1n) is 7.93. The van der Waals surface area contributed by atoms with Crippen LogP contribution < -0.4 is 5.32 Å². The topological polar surface area (TPSA) is 130 Å². The van der Waals surface area contributed by atoms with Crippen molar-refractivity contribution in [3.8, 4) is 0 Å². The van der Waals surface area contributed by atoms with E-state index >= 15 is 0 Å². The maximum atomic E-state index is 11.9. The lowest BCUT2D eigenvalue weighted by molar-refractivity contribution is -0.145. The molecule has 1 aromatic carbocycles. The van der Waals surface area contributed by atoms with Gasteiger partial charge in [-0.3, -0.25) is 9.59 Å². The first-order valence-corrected chi connectivity index (χ1v) is 10.2. The van der Waals surface area contributed by atoms with Gasteiger partial charge < -0.3 is 20.3 Å². The van der Waals surface area contributed by atoms with Crippen molar-refractivity contribution in [3.05, 3.63) is 33.4 Å². The molecule has 0 fully saturated rings. The van der Waals surface area contributed by atoms with Crippen LogP contribution >= 0.6 is 34.4 Å². The normalized spacial score (nSPS) is 12.7. The van der Waals surface area contributed by atoms with Crippen LogP contribution in [0.2, 0.25) is 0 Å². The van der Waals surface area contributed by atoms with Crippen molar-refractivity contribution in [1.82, 2.24) is 5.32 Å². The Morgan fingerprint density at radius 3 is 2.33 bits per heavy atom. The number of thioether (sulfide) groups is 1. The quantitative estimate of drug-likeness (QED) is 0.385. The summed E-state index contributed by atoms with van der Waals surface area (Å²) in [5.41, 5.74) is 1.01. The second-order valence-electron chi connectivity index (χ2n) is 5.61. The number of ether oxygens (including phenoxy) is 1. The number of aliphatic carboxylic acids is 2. The molecular weight excluding hydrogens is 493 g/mol. The van der Waals surface area contributed by atoms with Gasteiger partial charge in [0, 0.05) is 21.5 Å². The van der Waals surface area contributed by atoms with Crippen molar-refractivity contribution in [2.45, 2.75) is 37.7 Å². The first-order chi connectivity index (χ1) is 12.7. The van der Waals surface area contributed by atoms with Gasteiger partial charge in [-0.1, -0.05) is 12.1 Å². The van der Waals surface area contributed by atoms with Crippen molar-refractivity contribution >= 4 is 58.2 Å². The van der Waals surface area contributed by atoms with E-state index in [-0.39, 0.29) is 18.6 Å². The van der Waals surface area contributed by atoms with Crippen LogP contribution in [0.5, 0.6) is 0 Å². The Balaban J connectivity index is 2.52. The van der Waals surface area contributed by atoms with Gasteiger partial charge in [-0.15, -0.1) is 0 Å². The number of Topliss-reactive ketones (excluding diaryl/α,β-unsaturated/α-hetero) is 1. The van der Waals surface area contributed by atoms with Crippen LogP contribution in [-0.4, -0.2) is 51.9 Å². The molecule has 0 heterocycles. The average molecular weight is 513 g/mol. The Morgan fingerprint density at radius 2 is 1.81 bits per heavy atom. The second kappa shape index (κ2) is 11.8. The minimum absolute atomic E-state index is 0.0363. The van der Waals surface area contributed by atoms with Crippen molar-refractivity contribution < 1.29 is 34.1 Å². The molecule has 0 saturated heterocycles. The fraction of sp³-hybridized carbons (Fsp3) is 0.412. The van der Waals surface area contributed by atoms with Gasteiger partial charge in [0.1, 0.15) is 0 Å². The zero-order valence-electron chi connectivity index (χ0n) is 14.5. The van der Waals surface area contributed by atoms with Gasteiger partial charge >= 0.3 is 18.0 Å². The van der Waals surface area contributed by atoms with Gasteiger partial charge in [0.25, 0.3) is 0 Å². The van der Waals surface area contributed by atoms with Crippen LogP contribution in [0.15, 0.2) is 24.3 Å². The minimum Gasteiger partial charge on any atom is -0.481 e. The summed E-state index contributed by atoms with van der Waals surface area (Å²) < 4.78 is 5.98. The van der Waals surface area contributed by atoms with Crippen LogP contribution in [0.4, 0.5) is 4.79 Å². The van der Waals surface area contributed by atoms with Gasteiger partial charge in [0.05, 0.1) is 6.04 Å². The highest BCUT2D eigenvalue weighted by atomic mass is 131. The highest BCUT2D eigenvalue weighted by Crippen LogP contribution is 2.16. The molecule has 0 aliphatic rings. The predicted molar refractivity (Wildman–Crippen MR) is 108 cm³/mol. The summed E-state index contributed by atoms with van der Waals surface area (Å²) in [7, 11) is 0. The molecule has 3 N–H and O–H groups in total. The molecule has 1 aromatic rings. The lowest BCUT2D eigenvalue weighted by atomic mass is 10.1. The van der Waals surface area contributed by atoms with Gasteiger partial charge in [0.15, 0.2) is 5.78 Å². The van der Waals surface area contributed by atoms with Crippen LogP contribution in [0.25, 0.3) is 0 Å². The number of carboxylic acids is 2. The molecular formula is C17H20INO7S. The van der Waals surface area contributed by atoms with E-state index in [0.29, 0.717) is 5.75 Å². The molecule has 0 aromatic heterocycles. The first kappa shape index (κ1) is 23.2. The molecule has 2 atom stereocenters. The number of rotatable bonds is 11. The summed E-state index contributed by atoms with van der Waals surface area (Å²) in [6.45, 7) is 1.21. The number of hydrogen-bond donors (Lipinski definition) is 3. The lowest BCUT2D eigenvalue weighted by Gasteiger charge is -2.18. The fourth-order valence-corrected chi connectivity index (χ4v) is 3.30. The van der Waals surface area contributed by atoms with E-state index in [1.165, 1.54) is 18.7 Å². The zero-order chi connectivity index (χ0) is 20.4. The molecule has 8 nitrogen and oxygen atoms in total. The van der Waals surface area contributed by atoms with Crippen molar-refractivity contribution in [1.29, 1.82) is 0 Å². The second-order valence-corrected chi connectivity index (χ2v) is 7.89. The summed E-state index contributed by atoms with van der Waals surface area (Å²) in [6.07, 6.45) is -2.86. The number of carbonyl (C=O) groups excluding carboxylic acids is 2. The molecule has 10 heteroatoms. The minimum atomic E-state index is -1.38. The summed E-state index contributed by atoms with van der Waals surface area (Å²) in [4.78, 5) is 45.3. The average Bonchev–Trinajstić information content (AvgIpc) is 2.58. The maximum Gasteiger partial charge on any atom is 0.408 e. The monoisotopic (exact) mass is 513 g/mol. The number of hydrogen-bond acceptors (Lipinski definition) is 6. The van der Waals surface area contributed by atoms with Gasteiger partial charge in [0.2, 0.25) is 6.10 Å². The number of alkyl carbamates (subject to hydrolysis) is 1. The standard InChI is InChI=1S/C17H20INO7S/c1-10(20)13(6-7-15(21)22)19-17(25)26-14(16(23)24)9-27-8-11-2-4-12(18)5-3-11/h2-5,13-14H,6-9H2,1H3,(H,19,25)(H,21,22)(H,23,24)/t13-,14-/m0/s1/i18+4. The molecule has 1 rings (SSSR count). The molecule has 0 bridgehead atoms. The third-order valence-electron chi connectivity index (χ3n) is 3.41. The highest BCUT2D eigenvalue weighted by molar-refractivity contribution is 14.1. The predicted octanol–water partition coefficient (Wildman–Crippen LogP) is 2.53. The number of benzene rings is 1. The van der Waals surface area contributed by atoms with Crippen molar-refractivity contribution in [2.24, 2.45) is 0 Å². The number of carbonyl (C=O) groups is 4. The Morgan fingerprint density at radius 1 is 1.19 bits per heavy atom. The molecule has 0 unspecified atom stereocenters. The Bertz CT molecular complexity index is 680. The largest absolute Gasteiger partial charge is 0.481 e. The Kier molecular flexibility index (Phi) is 10.1. The van der Waals surface area contributed by atoms with E-state index in [2.05, 4.69) is 27.9 Å². The SMILES string of the molecule is CC(=O)[C@H](CCC(=O)O)NC(=O)O[C@@H](CSCc1ccc([131I])cc1)C(=O)O. The molecule has 0 radical (unpaired) electrons. The van der Waals surface area contributed by atoms with Crippen LogP contribution in [0.1, 0.15) is 25.3 Å². The fourth-order valence-electron chi connectivity index (χ4n) is 1.97. The van der Waals surface area contributed by atoms with Gasteiger partial charge in [-0.2, -0.15) is 11.8 Å². The number of nitrogens with one attached hydrogen (secondary N) is 1. The van der Waals surface area contributed by atoms with Crippen LogP contribution in [0.3, 0.4) is 0 Å². The third kappa shape index (κ3) is 9.61. The Hall–Kier alpha value is -1.82. The smallest absolute Gasteiger partial charge is 0.408 e. The number of ketones is 1. The lowest BCUT2D eigenvalue weighted by Crippen LogP contribution is -2.43. The van der Waals surface area contributed by atoms with E-state index in [1.807, 2.05) is 24.3 Å². The van der Waals surface area contributed by atoms with Gasteiger partial charge in [-0.05, 0) is 53.6 Å². The third-order valence-corrected chi connectivity index (χ3v) is 5.20.